The highest BCUT2D eigenvalue weighted by Crippen LogP contribution is 2.33. The lowest BCUT2D eigenvalue weighted by Crippen LogP contribution is -2.28. The van der Waals surface area contributed by atoms with Crippen LogP contribution in [0.3, 0.4) is 0 Å². The molecule has 0 radical (unpaired) electrons. The molecule has 0 spiro atoms. The molecule has 1 heterocycles. The summed E-state index contributed by atoms with van der Waals surface area (Å²) in [5.74, 6) is 1.14. The lowest BCUT2D eigenvalue weighted by atomic mass is 9.88. The highest BCUT2D eigenvalue weighted by atomic mass is 16.5. The molecule has 1 unspecified atom stereocenters. The van der Waals surface area contributed by atoms with Crippen molar-refractivity contribution in [1.82, 2.24) is 5.32 Å². The molecule has 8 heteroatoms. The molecule has 8 nitrogen and oxygen atoms in total. The molecule has 2 N–H and O–H groups in total. The molecule has 2 aromatic carbocycles. The third kappa shape index (κ3) is 6.81. The number of methoxy groups -OCH3 is 1. The molecule has 0 saturated heterocycles. The molecule has 0 aliphatic heterocycles. The number of carbonyl (C=O) groups excluding carboxylic acids is 1. The fourth-order valence-electron chi connectivity index (χ4n) is 4.00. The fourth-order valence-corrected chi connectivity index (χ4v) is 4.00. The van der Waals surface area contributed by atoms with Gasteiger partial charge in [-0.15, -0.1) is 0 Å². The summed E-state index contributed by atoms with van der Waals surface area (Å²) in [4.78, 5) is 25.6. The molecule has 3 rings (SSSR count). The first-order chi connectivity index (χ1) is 17.4. The number of carbonyl (C=O) groups is 1. The number of benzene rings is 2. The van der Waals surface area contributed by atoms with E-state index in [1.54, 1.807) is 38.3 Å². The van der Waals surface area contributed by atoms with Crippen LogP contribution in [0.15, 0.2) is 57.7 Å². The summed E-state index contributed by atoms with van der Waals surface area (Å²) in [7, 11) is 1.56. The molecule has 1 aromatic heterocycles. The Hall–Kier alpha value is -3.94. The Morgan fingerprint density at radius 2 is 1.72 bits per heavy atom. The van der Waals surface area contributed by atoms with Crippen molar-refractivity contribution >= 4 is 5.91 Å². The summed E-state index contributed by atoms with van der Waals surface area (Å²) >= 11 is 0. The number of hydrogen-bond donors (Lipinski definition) is 2. The number of hydrogen-bond acceptors (Lipinski definition) is 7. The fraction of sp³-hybridized carbons (Fsp3) is 0.357. The zero-order valence-corrected chi connectivity index (χ0v) is 21.1. The molecule has 1 atom stereocenters. The molecule has 0 fully saturated rings. The van der Waals surface area contributed by atoms with Gasteiger partial charge in [-0.25, -0.2) is 4.79 Å². The smallest absolute Gasteiger partial charge is 0.343 e. The molecule has 192 valence electrons. The SMILES string of the molecule is CCOc1ccc(CCNC(=O)CC(c2ccc(OC)cc2)c2c(O)cc(C)oc2=O)cc1OCC. The molecule has 0 bridgehead atoms. The van der Waals surface area contributed by atoms with Crippen LogP contribution in [0.25, 0.3) is 0 Å². The maximum absolute atomic E-state index is 12.9. The Morgan fingerprint density at radius 1 is 1.03 bits per heavy atom. The van der Waals surface area contributed by atoms with E-state index in [1.807, 2.05) is 32.0 Å². The van der Waals surface area contributed by atoms with E-state index < -0.39 is 11.5 Å². The third-order valence-corrected chi connectivity index (χ3v) is 5.69. The Bertz CT molecular complexity index is 1220. The van der Waals surface area contributed by atoms with Crippen LogP contribution in [0.2, 0.25) is 0 Å². The summed E-state index contributed by atoms with van der Waals surface area (Å²) in [5, 5.41) is 13.4. The number of aryl methyl sites for hydroxylation is 1. The van der Waals surface area contributed by atoms with Crippen LogP contribution in [0.4, 0.5) is 0 Å². The lowest BCUT2D eigenvalue weighted by Gasteiger charge is -2.18. The van der Waals surface area contributed by atoms with E-state index in [4.69, 9.17) is 18.6 Å². The monoisotopic (exact) mass is 495 g/mol. The first-order valence-electron chi connectivity index (χ1n) is 12.0. The van der Waals surface area contributed by atoms with Gasteiger partial charge >= 0.3 is 5.63 Å². The zero-order valence-electron chi connectivity index (χ0n) is 21.1. The van der Waals surface area contributed by atoms with Crippen LogP contribution in [0.5, 0.6) is 23.0 Å². The Morgan fingerprint density at radius 3 is 2.36 bits per heavy atom. The van der Waals surface area contributed by atoms with Crippen LogP contribution < -0.4 is 25.2 Å². The van der Waals surface area contributed by atoms with Gasteiger partial charge in [0.2, 0.25) is 5.91 Å². The van der Waals surface area contributed by atoms with Crippen molar-refractivity contribution < 1.29 is 28.5 Å². The van der Waals surface area contributed by atoms with Gasteiger partial charge < -0.3 is 29.1 Å². The summed E-state index contributed by atoms with van der Waals surface area (Å²) < 4.78 is 21.7. The van der Waals surface area contributed by atoms with Crippen molar-refractivity contribution in [1.29, 1.82) is 0 Å². The van der Waals surface area contributed by atoms with E-state index in [1.165, 1.54) is 6.07 Å². The van der Waals surface area contributed by atoms with Crippen molar-refractivity contribution in [2.75, 3.05) is 26.9 Å². The van der Waals surface area contributed by atoms with Gasteiger partial charge in [0.1, 0.15) is 17.3 Å². The molecule has 1 amide bonds. The van der Waals surface area contributed by atoms with Gasteiger partial charge in [-0.05, 0) is 62.6 Å². The predicted octanol–water partition coefficient (Wildman–Crippen LogP) is 4.34. The van der Waals surface area contributed by atoms with Crippen molar-refractivity contribution in [3.8, 4) is 23.0 Å². The van der Waals surface area contributed by atoms with Gasteiger partial charge in [0, 0.05) is 24.9 Å². The number of aromatic hydroxyl groups is 1. The van der Waals surface area contributed by atoms with Crippen molar-refractivity contribution in [2.24, 2.45) is 0 Å². The highest BCUT2D eigenvalue weighted by molar-refractivity contribution is 5.77. The van der Waals surface area contributed by atoms with Crippen molar-refractivity contribution in [3.05, 3.63) is 81.4 Å². The van der Waals surface area contributed by atoms with E-state index in [-0.39, 0.29) is 23.6 Å². The summed E-state index contributed by atoms with van der Waals surface area (Å²) in [6.07, 6.45) is 0.546. The average molecular weight is 496 g/mol. The molecule has 3 aromatic rings. The minimum atomic E-state index is -0.692. The summed E-state index contributed by atoms with van der Waals surface area (Å²) in [6, 6.07) is 14.1. The second kappa shape index (κ2) is 12.7. The minimum absolute atomic E-state index is 0.0405. The first kappa shape index (κ1) is 26.7. The van der Waals surface area contributed by atoms with Gasteiger partial charge in [-0.3, -0.25) is 4.79 Å². The standard InChI is InChI=1S/C28H33NO7/c1-5-34-24-12-7-19(16-25(24)35-6-2)13-14-29-26(31)17-22(20-8-10-21(33-4)11-9-20)27-23(30)15-18(3)36-28(27)32/h7-12,15-16,22,30H,5-6,13-14,17H2,1-4H3,(H,29,31). The predicted molar refractivity (Wildman–Crippen MR) is 136 cm³/mol. The molecule has 36 heavy (non-hydrogen) atoms. The quantitative estimate of drug-likeness (QED) is 0.385. The number of amides is 1. The number of rotatable bonds is 12. The maximum Gasteiger partial charge on any atom is 0.343 e. The van der Waals surface area contributed by atoms with Gasteiger partial charge in [0.25, 0.3) is 0 Å². The molecule has 0 saturated carbocycles. The van der Waals surface area contributed by atoms with Crippen LogP contribution >= 0.6 is 0 Å². The van der Waals surface area contributed by atoms with E-state index in [9.17, 15) is 14.7 Å². The van der Waals surface area contributed by atoms with E-state index >= 15 is 0 Å². The van der Waals surface area contributed by atoms with Gasteiger partial charge in [0.05, 0.1) is 25.9 Å². The molecule has 0 aliphatic rings. The minimum Gasteiger partial charge on any atom is -0.507 e. The van der Waals surface area contributed by atoms with Crippen LogP contribution in [0.1, 0.15) is 48.6 Å². The Kier molecular flexibility index (Phi) is 9.39. The van der Waals surface area contributed by atoms with Crippen molar-refractivity contribution in [2.45, 2.75) is 39.5 Å². The highest BCUT2D eigenvalue weighted by Gasteiger charge is 2.26. The topological polar surface area (TPSA) is 107 Å². The van der Waals surface area contributed by atoms with Crippen LogP contribution in [-0.4, -0.2) is 37.9 Å². The zero-order chi connectivity index (χ0) is 26.1. The van der Waals surface area contributed by atoms with Gasteiger partial charge in [-0.2, -0.15) is 0 Å². The largest absolute Gasteiger partial charge is 0.507 e. The average Bonchev–Trinajstić information content (AvgIpc) is 2.84. The Balaban J connectivity index is 1.74. The summed E-state index contributed by atoms with van der Waals surface area (Å²) in [6.45, 7) is 6.86. The normalized spacial score (nSPS) is 11.6. The second-order valence-corrected chi connectivity index (χ2v) is 8.22. The number of ether oxygens (including phenoxy) is 3. The van der Waals surface area contributed by atoms with E-state index in [0.29, 0.717) is 54.8 Å². The molecule has 0 aliphatic carbocycles. The molecular formula is C28H33NO7. The van der Waals surface area contributed by atoms with E-state index in [0.717, 1.165) is 5.56 Å². The number of nitrogens with one attached hydrogen (secondary N) is 1. The van der Waals surface area contributed by atoms with Gasteiger partial charge in [-0.1, -0.05) is 18.2 Å². The van der Waals surface area contributed by atoms with Crippen LogP contribution in [0, 0.1) is 6.92 Å². The Labute approximate surface area is 210 Å². The molecular weight excluding hydrogens is 462 g/mol. The first-order valence-corrected chi connectivity index (χ1v) is 12.0. The van der Waals surface area contributed by atoms with E-state index in [2.05, 4.69) is 5.32 Å². The maximum atomic E-state index is 12.9. The summed E-state index contributed by atoms with van der Waals surface area (Å²) in [5.41, 5.74) is 1.06. The van der Waals surface area contributed by atoms with Crippen LogP contribution in [-0.2, 0) is 11.2 Å². The lowest BCUT2D eigenvalue weighted by molar-refractivity contribution is -0.121. The van der Waals surface area contributed by atoms with Crippen molar-refractivity contribution in [3.63, 3.8) is 0 Å². The third-order valence-electron chi connectivity index (χ3n) is 5.69. The van der Waals surface area contributed by atoms with Gasteiger partial charge in [0.15, 0.2) is 11.5 Å². The second-order valence-electron chi connectivity index (χ2n) is 8.22.